The van der Waals surface area contributed by atoms with E-state index in [0.717, 1.165) is 18.5 Å². The van der Waals surface area contributed by atoms with E-state index in [1.54, 1.807) is 6.20 Å². The van der Waals surface area contributed by atoms with Crippen LogP contribution in [0.3, 0.4) is 0 Å². The molecule has 0 fully saturated rings. The number of rotatable bonds is 28. The van der Waals surface area contributed by atoms with Crippen LogP contribution in [0.2, 0.25) is 0 Å². The predicted octanol–water partition coefficient (Wildman–Crippen LogP) is 1.97. The first-order valence-electron chi connectivity index (χ1n) is 11.6. The summed E-state index contributed by atoms with van der Waals surface area (Å²) in [6.45, 7) is 18.9. The van der Waals surface area contributed by atoms with Crippen LogP contribution in [0.1, 0.15) is 13.3 Å². The second kappa shape index (κ2) is 28.8. The molecule has 194 valence electrons. The molecule has 1 N–H and O–H groups in total. The van der Waals surface area contributed by atoms with Crippen molar-refractivity contribution in [3.8, 4) is 0 Å². The van der Waals surface area contributed by atoms with E-state index in [-0.39, 0.29) is 0 Å². The van der Waals surface area contributed by atoms with Crippen molar-refractivity contribution >= 4 is 0 Å². The van der Waals surface area contributed by atoms with Crippen molar-refractivity contribution in [1.82, 2.24) is 5.32 Å². The third-order valence-electron chi connectivity index (χ3n) is 4.06. The Morgan fingerprint density at radius 1 is 0.576 bits per heavy atom. The predicted molar refractivity (Wildman–Crippen MR) is 128 cm³/mol. The molecule has 0 atom stereocenters. The molecule has 0 aromatic rings. The summed E-state index contributed by atoms with van der Waals surface area (Å²) >= 11 is 0. The SMILES string of the molecule is C=C=C(C)CCOCCOCCOCCOCCOCCOCCOCCOCCNC=C. The van der Waals surface area contributed by atoms with Gasteiger partial charge >= 0.3 is 0 Å². The van der Waals surface area contributed by atoms with Crippen LogP contribution in [0.25, 0.3) is 0 Å². The van der Waals surface area contributed by atoms with Gasteiger partial charge in [-0.05, 0) is 25.1 Å². The van der Waals surface area contributed by atoms with Crippen molar-refractivity contribution in [2.24, 2.45) is 0 Å². The van der Waals surface area contributed by atoms with E-state index in [0.29, 0.717) is 106 Å². The number of nitrogens with one attached hydrogen (secondary N) is 1. The summed E-state index contributed by atoms with van der Waals surface area (Å²) in [6, 6.07) is 0. The molecule has 9 heteroatoms. The molecule has 0 saturated carbocycles. The van der Waals surface area contributed by atoms with Crippen LogP contribution >= 0.6 is 0 Å². The van der Waals surface area contributed by atoms with Crippen LogP contribution < -0.4 is 5.32 Å². The van der Waals surface area contributed by atoms with Crippen molar-refractivity contribution in [2.45, 2.75) is 13.3 Å². The van der Waals surface area contributed by atoms with Gasteiger partial charge in [-0.25, -0.2) is 0 Å². The molecule has 0 amide bonds. The molecule has 33 heavy (non-hydrogen) atoms. The first kappa shape index (κ1) is 31.7. The minimum absolute atomic E-state index is 0.531. The first-order valence-corrected chi connectivity index (χ1v) is 11.6. The highest BCUT2D eigenvalue weighted by atomic mass is 16.6. The van der Waals surface area contributed by atoms with Gasteiger partial charge in [0.2, 0.25) is 0 Å². The van der Waals surface area contributed by atoms with E-state index in [1.807, 2.05) is 6.92 Å². The highest BCUT2D eigenvalue weighted by molar-refractivity contribution is 4.93. The molecule has 0 aliphatic rings. The maximum atomic E-state index is 5.45. The van der Waals surface area contributed by atoms with E-state index in [2.05, 4.69) is 24.2 Å². The van der Waals surface area contributed by atoms with Crippen LogP contribution in [0, 0.1) is 0 Å². The van der Waals surface area contributed by atoms with Crippen LogP contribution in [0.4, 0.5) is 0 Å². The Labute approximate surface area is 200 Å². The van der Waals surface area contributed by atoms with Gasteiger partial charge in [-0.2, -0.15) is 0 Å². The Hall–Kier alpha value is -1.26. The maximum absolute atomic E-state index is 5.45. The second-order valence-electron chi connectivity index (χ2n) is 6.76. The van der Waals surface area contributed by atoms with E-state index in [9.17, 15) is 0 Å². The highest BCUT2D eigenvalue weighted by Crippen LogP contribution is 1.96. The summed E-state index contributed by atoms with van der Waals surface area (Å²) in [7, 11) is 0. The minimum Gasteiger partial charge on any atom is -0.389 e. The Morgan fingerprint density at radius 3 is 1.18 bits per heavy atom. The Morgan fingerprint density at radius 2 is 0.879 bits per heavy atom. The van der Waals surface area contributed by atoms with Gasteiger partial charge in [0.05, 0.1) is 106 Å². The van der Waals surface area contributed by atoms with Crippen molar-refractivity contribution < 1.29 is 37.9 Å². The first-order chi connectivity index (χ1) is 16.3. The van der Waals surface area contributed by atoms with Crippen molar-refractivity contribution in [3.63, 3.8) is 0 Å². The highest BCUT2D eigenvalue weighted by Gasteiger charge is 1.95. The monoisotopic (exact) mass is 475 g/mol. The van der Waals surface area contributed by atoms with Gasteiger partial charge in [0.15, 0.2) is 0 Å². The molecule has 0 aromatic heterocycles. The van der Waals surface area contributed by atoms with Crippen molar-refractivity contribution in [2.75, 3.05) is 112 Å². The molecular formula is C24H45NO8. The standard InChI is InChI=1S/C24H45NO8/c1-4-24(3)6-8-26-10-12-28-14-16-30-18-20-32-22-23-33-21-19-31-17-15-29-13-11-27-9-7-25-5-2/h5,25H,1-2,6-23H2,3H3. The van der Waals surface area contributed by atoms with Crippen LogP contribution in [-0.4, -0.2) is 112 Å². The lowest BCUT2D eigenvalue weighted by Crippen LogP contribution is -2.16. The fraction of sp³-hybridized carbons (Fsp3) is 0.792. The molecule has 0 heterocycles. The summed E-state index contributed by atoms with van der Waals surface area (Å²) in [5, 5.41) is 2.96. The third-order valence-corrected chi connectivity index (χ3v) is 4.06. The van der Waals surface area contributed by atoms with E-state index >= 15 is 0 Å². The lowest BCUT2D eigenvalue weighted by Gasteiger charge is -2.08. The Kier molecular flexibility index (Phi) is 27.7. The molecule has 9 nitrogen and oxygen atoms in total. The smallest absolute Gasteiger partial charge is 0.0701 e. The summed E-state index contributed by atoms with van der Waals surface area (Å²) in [6.07, 6.45) is 2.50. The zero-order valence-corrected chi connectivity index (χ0v) is 20.5. The van der Waals surface area contributed by atoms with Crippen LogP contribution in [0.5, 0.6) is 0 Å². The van der Waals surface area contributed by atoms with E-state index in [4.69, 9.17) is 37.9 Å². The molecular weight excluding hydrogens is 430 g/mol. The van der Waals surface area contributed by atoms with Gasteiger partial charge in [-0.15, -0.1) is 5.73 Å². The fourth-order valence-corrected chi connectivity index (χ4v) is 2.19. The van der Waals surface area contributed by atoms with Crippen molar-refractivity contribution in [1.29, 1.82) is 0 Å². The molecule has 0 aromatic carbocycles. The Balaban J connectivity index is 3.04. The molecule has 0 radical (unpaired) electrons. The number of ether oxygens (including phenoxy) is 8. The molecule has 0 aliphatic carbocycles. The quantitative estimate of drug-likeness (QED) is 0.135. The topological polar surface area (TPSA) is 85.9 Å². The van der Waals surface area contributed by atoms with Crippen molar-refractivity contribution in [3.05, 3.63) is 30.7 Å². The minimum atomic E-state index is 0.531. The average Bonchev–Trinajstić information content (AvgIpc) is 2.83. The Bertz CT molecular complexity index is 458. The van der Waals surface area contributed by atoms with E-state index < -0.39 is 0 Å². The lowest BCUT2D eigenvalue weighted by atomic mass is 10.2. The average molecular weight is 476 g/mol. The molecule has 0 unspecified atom stereocenters. The molecule has 0 bridgehead atoms. The third kappa shape index (κ3) is 28.7. The van der Waals surface area contributed by atoms with Gasteiger partial charge in [0.25, 0.3) is 0 Å². The normalized spacial score (nSPS) is 10.8. The summed E-state index contributed by atoms with van der Waals surface area (Å²) < 4.78 is 43.4. The largest absolute Gasteiger partial charge is 0.389 e. The molecule has 0 spiro atoms. The zero-order valence-electron chi connectivity index (χ0n) is 20.5. The fourth-order valence-electron chi connectivity index (χ4n) is 2.19. The molecule has 0 aliphatic heterocycles. The maximum Gasteiger partial charge on any atom is 0.0701 e. The summed E-state index contributed by atoms with van der Waals surface area (Å²) in [4.78, 5) is 0. The zero-order chi connectivity index (χ0) is 24.1. The second-order valence-corrected chi connectivity index (χ2v) is 6.76. The van der Waals surface area contributed by atoms with Gasteiger partial charge in [0.1, 0.15) is 0 Å². The van der Waals surface area contributed by atoms with E-state index in [1.165, 1.54) is 0 Å². The van der Waals surface area contributed by atoms with Gasteiger partial charge < -0.3 is 43.2 Å². The summed E-state index contributed by atoms with van der Waals surface area (Å²) in [5.41, 5.74) is 3.95. The molecule has 0 rings (SSSR count). The van der Waals surface area contributed by atoms with Crippen LogP contribution in [-0.2, 0) is 37.9 Å². The summed E-state index contributed by atoms with van der Waals surface area (Å²) in [5.74, 6) is 0. The van der Waals surface area contributed by atoms with Gasteiger partial charge in [0, 0.05) is 6.54 Å². The van der Waals surface area contributed by atoms with Gasteiger partial charge in [-0.1, -0.05) is 13.2 Å². The van der Waals surface area contributed by atoms with Gasteiger partial charge in [-0.3, -0.25) is 0 Å². The number of hydrogen-bond donors (Lipinski definition) is 1. The van der Waals surface area contributed by atoms with Crippen LogP contribution in [0.15, 0.2) is 30.7 Å². The lowest BCUT2D eigenvalue weighted by molar-refractivity contribution is -0.0229. The number of hydrogen-bond acceptors (Lipinski definition) is 9. The molecule has 0 saturated heterocycles.